The Kier molecular flexibility index (Phi) is 3.69. The smallest absolute Gasteiger partial charge is 0.247 e. The van der Waals surface area contributed by atoms with Gasteiger partial charge in [0.1, 0.15) is 6.04 Å². The number of hydrogen-bond acceptors (Lipinski definition) is 3. The molecule has 6 nitrogen and oxygen atoms in total. The number of rotatable bonds is 3. The van der Waals surface area contributed by atoms with Crippen LogP contribution in [0.4, 0.5) is 0 Å². The van der Waals surface area contributed by atoms with Crippen molar-refractivity contribution in [3.8, 4) is 0 Å². The maximum Gasteiger partial charge on any atom is 0.247 e. The SMILES string of the molecule is CC[C@H](C(=O)N1CCC2(CC1)CNC(=O)C2)n1cccn1. The van der Waals surface area contributed by atoms with Crippen LogP contribution in [0, 0.1) is 5.41 Å². The lowest BCUT2D eigenvalue weighted by atomic mass is 9.77. The number of likely N-dealkylation sites (tertiary alicyclic amines) is 1. The normalized spacial score (nSPS) is 22.3. The minimum atomic E-state index is -0.211. The highest BCUT2D eigenvalue weighted by molar-refractivity contribution is 5.81. The number of aromatic nitrogens is 2. The fourth-order valence-corrected chi connectivity index (χ4v) is 3.46. The molecule has 3 rings (SSSR count). The summed E-state index contributed by atoms with van der Waals surface area (Å²) >= 11 is 0. The molecule has 0 aliphatic carbocycles. The summed E-state index contributed by atoms with van der Waals surface area (Å²) in [5.74, 6) is 0.297. The van der Waals surface area contributed by atoms with E-state index in [9.17, 15) is 9.59 Å². The quantitative estimate of drug-likeness (QED) is 0.901. The molecular formula is C15H22N4O2. The second-order valence-electron chi connectivity index (χ2n) is 6.19. The molecule has 21 heavy (non-hydrogen) atoms. The highest BCUT2D eigenvalue weighted by atomic mass is 16.2. The van der Waals surface area contributed by atoms with Gasteiger partial charge in [0, 0.05) is 38.4 Å². The number of carbonyl (C=O) groups is 2. The van der Waals surface area contributed by atoms with Gasteiger partial charge in [0.15, 0.2) is 0 Å². The van der Waals surface area contributed by atoms with Gasteiger partial charge in [0.05, 0.1) is 0 Å². The monoisotopic (exact) mass is 290 g/mol. The second-order valence-corrected chi connectivity index (χ2v) is 6.19. The number of piperidine rings is 1. The van der Waals surface area contributed by atoms with Crippen LogP contribution in [0.25, 0.3) is 0 Å². The van der Waals surface area contributed by atoms with Crippen LogP contribution in [-0.4, -0.2) is 46.1 Å². The van der Waals surface area contributed by atoms with Gasteiger partial charge < -0.3 is 10.2 Å². The van der Waals surface area contributed by atoms with E-state index in [0.717, 1.165) is 38.9 Å². The summed E-state index contributed by atoms with van der Waals surface area (Å²) in [5.41, 5.74) is 0.0846. The molecule has 2 aliphatic heterocycles. The first kappa shape index (κ1) is 14.1. The van der Waals surface area contributed by atoms with Crippen molar-refractivity contribution >= 4 is 11.8 Å². The summed E-state index contributed by atoms with van der Waals surface area (Å²) < 4.78 is 1.74. The zero-order chi connectivity index (χ0) is 14.9. The van der Waals surface area contributed by atoms with Gasteiger partial charge in [-0.25, -0.2) is 0 Å². The van der Waals surface area contributed by atoms with Crippen LogP contribution in [0.1, 0.15) is 38.6 Å². The maximum absolute atomic E-state index is 12.7. The van der Waals surface area contributed by atoms with Gasteiger partial charge in [-0.15, -0.1) is 0 Å². The molecule has 2 aliphatic rings. The van der Waals surface area contributed by atoms with Crippen LogP contribution in [0.3, 0.4) is 0 Å². The first-order chi connectivity index (χ1) is 10.1. The third-order valence-electron chi connectivity index (χ3n) is 4.85. The minimum Gasteiger partial charge on any atom is -0.356 e. The lowest BCUT2D eigenvalue weighted by Gasteiger charge is -2.39. The highest BCUT2D eigenvalue weighted by Crippen LogP contribution is 2.37. The van der Waals surface area contributed by atoms with Gasteiger partial charge in [-0.05, 0) is 30.7 Å². The summed E-state index contributed by atoms with van der Waals surface area (Å²) in [6.45, 7) is 4.26. The number of nitrogens with zero attached hydrogens (tertiary/aromatic N) is 3. The van der Waals surface area contributed by atoms with Crippen LogP contribution in [-0.2, 0) is 9.59 Å². The lowest BCUT2D eigenvalue weighted by molar-refractivity contribution is -0.137. The molecule has 3 heterocycles. The minimum absolute atomic E-state index is 0.0846. The molecule has 0 bridgehead atoms. The molecular weight excluding hydrogens is 268 g/mol. The predicted molar refractivity (Wildman–Crippen MR) is 77.4 cm³/mol. The maximum atomic E-state index is 12.7. The molecule has 1 aromatic heterocycles. The average Bonchev–Trinajstić information content (AvgIpc) is 3.12. The molecule has 114 valence electrons. The van der Waals surface area contributed by atoms with Gasteiger partial charge in [0.25, 0.3) is 0 Å². The number of amides is 2. The van der Waals surface area contributed by atoms with E-state index in [1.807, 2.05) is 24.1 Å². The Morgan fingerprint density at radius 1 is 1.48 bits per heavy atom. The summed E-state index contributed by atoms with van der Waals surface area (Å²) in [5, 5.41) is 7.12. The fourth-order valence-electron chi connectivity index (χ4n) is 3.46. The van der Waals surface area contributed by atoms with Crippen molar-refractivity contribution in [2.45, 2.75) is 38.6 Å². The topological polar surface area (TPSA) is 67.2 Å². The van der Waals surface area contributed by atoms with E-state index in [1.165, 1.54) is 0 Å². The molecule has 6 heteroatoms. The van der Waals surface area contributed by atoms with Gasteiger partial charge in [0.2, 0.25) is 11.8 Å². The first-order valence-corrected chi connectivity index (χ1v) is 7.68. The van der Waals surface area contributed by atoms with Crippen molar-refractivity contribution in [1.82, 2.24) is 20.0 Å². The van der Waals surface area contributed by atoms with Crippen molar-refractivity contribution in [3.05, 3.63) is 18.5 Å². The molecule has 1 N–H and O–H groups in total. The number of hydrogen-bond donors (Lipinski definition) is 1. The predicted octanol–water partition coefficient (Wildman–Crippen LogP) is 0.963. The summed E-state index contributed by atoms with van der Waals surface area (Å²) in [6.07, 6.45) is 6.72. The van der Waals surface area contributed by atoms with Crippen molar-refractivity contribution in [2.24, 2.45) is 5.41 Å². The largest absolute Gasteiger partial charge is 0.356 e. The van der Waals surface area contributed by atoms with Crippen molar-refractivity contribution in [2.75, 3.05) is 19.6 Å². The Labute approximate surface area is 124 Å². The van der Waals surface area contributed by atoms with Crippen molar-refractivity contribution < 1.29 is 9.59 Å². The van der Waals surface area contributed by atoms with Crippen molar-refractivity contribution in [1.29, 1.82) is 0 Å². The lowest BCUT2D eigenvalue weighted by Crippen LogP contribution is -2.46. The Bertz CT molecular complexity index is 518. The van der Waals surface area contributed by atoms with E-state index in [1.54, 1.807) is 10.9 Å². The molecule has 2 fully saturated rings. The van der Waals surface area contributed by atoms with Crippen LogP contribution in [0.5, 0.6) is 0 Å². The third kappa shape index (κ3) is 2.66. The third-order valence-corrected chi connectivity index (χ3v) is 4.85. The van der Waals surface area contributed by atoms with Crippen LogP contribution >= 0.6 is 0 Å². The molecule has 1 spiro atoms. The van der Waals surface area contributed by atoms with Crippen LogP contribution in [0.15, 0.2) is 18.5 Å². The Morgan fingerprint density at radius 3 is 2.76 bits per heavy atom. The Morgan fingerprint density at radius 2 is 2.24 bits per heavy atom. The second kappa shape index (κ2) is 5.50. The zero-order valence-electron chi connectivity index (χ0n) is 12.4. The first-order valence-electron chi connectivity index (χ1n) is 7.68. The van der Waals surface area contributed by atoms with Gasteiger partial charge >= 0.3 is 0 Å². The molecule has 1 aromatic rings. The standard InChI is InChI=1S/C15H22N4O2/c1-2-12(19-7-3-6-17-19)14(21)18-8-4-15(5-9-18)10-13(20)16-11-15/h3,6-7,12H,2,4-5,8-11H2,1H3,(H,16,20)/t12-/m1/s1. The summed E-state index contributed by atoms with van der Waals surface area (Å²) in [4.78, 5) is 26.1. The van der Waals surface area contributed by atoms with E-state index in [2.05, 4.69) is 10.4 Å². The summed E-state index contributed by atoms with van der Waals surface area (Å²) in [7, 11) is 0. The number of nitrogens with one attached hydrogen (secondary N) is 1. The zero-order valence-corrected chi connectivity index (χ0v) is 12.4. The van der Waals surface area contributed by atoms with E-state index < -0.39 is 0 Å². The van der Waals surface area contributed by atoms with Gasteiger partial charge in [-0.3, -0.25) is 14.3 Å². The Hall–Kier alpha value is -1.85. The van der Waals surface area contributed by atoms with E-state index in [-0.39, 0.29) is 23.3 Å². The fraction of sp³-hybridized carbons (Fsp3) is 0.667. The van der Waals surface area contributed by atoms with Gasteiger partial charge in [-0.1, -0.05) is 6.92 Å². The highest BCUT2D eigenvalue weighted by Gasteiger charge is 2.42. The van der Waals surface area contributed by atoms with E-state index in [4.69, 9.17) is 0 Å². The summed E-state index contributed by atoms with van der Waals surface area (Å²) in [6, 6.07) is 1.63. The molecule has 0 saturated carbocycles. The Balaban J connectivity index is 1.63. The van der Waals surface area contributed by atoms with E-state index >= 15 is 0 Å². The van der Waals surface area contributed by atoms with Crippen LogP contribution < -0.4 is 5.32 Å². The average molecular weight is 290 g/mol. The molecule has 0 unspecified atom stereocenters. The van der Waals surface area contributed by atoms with Gasteiger partial charge in [-0.2, -0.15) is 5.10 Å². The molecule has 2 saturated heterocycles. The molecule has 0 aromatic carbocycles. The van der Waals surface area contributed by atoms with Crippen molar-refractivity contribution in [3.63, 3.8) is 0 Å². The molecule has 0 radical (unpaired) electrons. The number of carbonyl (C=O) groups excluding carboxylic acids is 2. The van der Waals surface area contributed by atoms with Crippen LogP contribution in [0.2, 0.25) is 0 Å². The molecule has 2 amide bonds. The van der Waals surface area contributed by atoms with E-state index in [0.29, 0.717) is 6.42 Å². The molecule has 1 atom stereocenters.